The van der Waals surface area contributed by atoms with E-state index < -0.39 is 27.3 Å². The summed E-state index contributed by atoms with van der Waals surface area (Å²) in [5, 5.41) is 10.3. The SMILES string of the molecule is Cc1cc(S(C)(=O)=O)cc(C(=O)N2CCCC(O)(C(N)=O)C2)c1C. The number of aryl methyl sites for hydroxylation is 1. The number of sulfone groups is 1. The van der Waals surface area contributed by atoms with Crippen molar-refractivity contribution < 1.29 is 23.1 Å². The van der Waals surface area contributed by atoms with E-state index in [1.807, 2.05) is 0 Å². The summed E-state index contributed by atoms with van der Waals surface area (Å²) in [4.78, 5) is 25.7. The Morgan fingerprint density at radius 2 is 1.92 bits per heavy atom. The molecule has 1 fully saturated rings. The van der Waals surface area contributed by atoms with E-state index in [2.05, 4.69) is 0 Å². The Morgan fingerprint density at radius 3 is 2.46 bits per heavy atom. The van der Waals surface area contributed by atoms with E-state index in [-0.39, 0.29) is 23.4 Å². The molecule has 2 amide bonds. The van der Waals surface area contributed by atoms with Crippen molar-refractivity contribution in [1.82, 2.24) is 4.90 Å². The Hall–Kier alpha value is -1.93. The lowest BCUT2D eigenvalue weighted by Gasteiger charge is -2.37. The van der Waals surface area contributed by atoms with E-state index in [1.165, 1.54) is 17.0 Å². The van der Waals surface area contributed by atoms with Crippen LogP contribution in [0.5, 0.6) is 0 Å². The van der Waals surface area contributed by atoms with Crippen LogP contribution in [0.25, 0.3) is 0 Å². The smallest absolute Gasteiger partial charge is 0.254 e. The first-order valence-electron chi connectivity index (χ1n) is 7.58. The van der Waals surface area contributed by atoms with E-state index >= 15 is 0 Å². The van der Waals surface area contributed by atoms with Gasteiger partial charge in [0.2, 0.25) is 0 Å². The fourth-order valence-electron chi connectivity index (χ4n) is 2.84. The molecule has 0 saturated carbocycles. The van der Waals surface area contributed by atoms with Gasteiger partial charge in [-0.2, -0.15) is 0 Å². The number of β-amino-alcohol motifs (C(OH)–C–C–N with tert-alkyl or cyclic N) is 1. The second-order valence-electron chi connectivity index (χ2n) is 6.41. The predicted octanol–water partition coefficient (Wildman–Crippen LogP) is 0.159. The molecule has 0 aliphatic carbocycles. The zero-order chi connectivity index (χ0) is 18.3. The topological polar surface area (TPSA) is 118 Å². The normalized spacial score (nSPS) is 21.6. The maximum Gasteiger partial charge on any atom is 0.254 e. The summed E-state index contributed by atoms with van der Waals surface area (Å²) < 4.78 is 23.6. The van der Waals surface area contributed by atoms with Crippen LogP contribution < -0.4 is 5.73 Å². The standard InChI is InChI=1S/C16H22N2O5S/c1-10-7-12(24(3,22)23)8-13(11(10)2)14(19)18-6-4-5-16(21,9-18)15(17)20/h7-8,21H,4-6,9H2,1-3H3,(H2,17,20). The van der Waals surface area contributed by atoms with Crippen LogP contribution >= 0.6 is 0 Å². The first-order chi connectivity index (χ1) is 11.0. The van der Waals surface area contributed by atoms with Gasteiger partial charge in [-0.1, -0.05) is 0 Å². The first kappa shape index (κ1) is 18.4. The molecule has 3 N–H and O–H groups in total. The highest BCUT2D eigenvalue weighted by Crippen LogP contribution is 2.26. The molecule has 1 aliphatic rings. The van der Waals surface area contributed by atoms with Crippen molar-refractivity contribution in [1.29, 1.82) is 0 Å². The van der Waals surface area contributed by atoms with Crippen molar-refractivity contribution >= 4 is 21.7 Å². The quantitative estimate of drug-likeness (QED) is 0.802. The van der Waals surface area contributed by atoms with Crippen LogP contribution in [-0.4, -0.2) is 55.2 Å². The van der Waals surface area contributed by atoms with Gasteiger partial charge in [0.15, 0.2) is 15.4 Å². The number of piperidine rings is 1. The third kappa shape index (κ3) is 3.44. The molecule has 0 radical (unpaired) electrons. The number of aliphatic hydroxyl groups is 1. The van der Waals surface area contributed by atoms with Gasteiger partial charge >= 0.3 is 0 Å². The first-order valence-corrected chi connectivity index (χ1v) is 9.48. The van der Waals surface area contributed by atoms with E-state index in [4.69, 9.17) is 5.73 Å². The number of carbonyl (C=O) groups excluding carboxylic acids is 2. The molecule has 1 aromatic rings. The molecule has 1 saturated heterocycles. The van der Waals surface area contributed by atoms with E-state index in [0.29, 0.717) is 24.1 Å². The van der Waals surface area contributed by atoms with Gasteiger partial charge in [-0.3, -0.25) is 9.59 Å². The van der Waals surface area contributed by atoms with E-state index in [9.17, 15) is 23.1 Å². The van der Waals surface area contributed by atoms with E-state index in [1.54, 1.807) is 13.8 Å². The molecule has 24 heavy (non-hydrogen) atoms. The Morgan fingerprint density at radius 1 is 1.29 bits per heavy atom. The van der Waals surface area contributed by atoms with Crippen molar-refractivity contribution in [2.75, 3.05) is 19.3 Å². The maximum atomic E-state index is 12.8. The summed E-state index contributed by atoms with van der Waals surface area (Å²) >= 11 is 0. The monoisotopic (exact) mass is 354 g/mol. The number of benzene rings is 1. The second kappa shape index (κ2) is 6.18. The van der Waals surface area contributed by atoms with E-state index in [0.717, 1.165) is 6.26 Å². The van der Waals surface area contributed by atoms with Gasteiger partial charge < -0.3 is 15.7 Å². The lowest BCUT2D eigenvalue weighted by atomic mass is 9.91. The zero-order valence-electron chi connectivity index (χ0n) is 14.0. The third-order valence-electron chi connectivity index (χ3n) is 4.52. The van der Waals surface area contributed by atoms with Gasteiger partial charge in [-0.25, -0.2) is 8.42 Å². The third-order valence-corrected chi connectivity index (χ3v) is 5.61. The molecule has 1 aliphatic heterocycles. The molecule has 7 nitrogen and oxygen atoms in total. The van der Waals surface area contributed by atoms with Gasteiger partial charge in [0.05, 0.1) is 11.4 Å². The zero-order valence-corrected chi connectivity index (χ0v) is 14.8. The maximum absolute atomic E-state index is 12.8. The molecule has 1 atom stereocenters. The van der Waals surface area contributed by atoms with Gasteiger partial charge in [0.1, 0.15) is 0 Å². The number of carbonyl (C=O) groups is 2. The molecule has 0 spiro atoms. The van der Waals surface area contributed by atoms with Crippen molar-refractivity contribution in [2.45, 2.75) is 37.2 Å². The molecular formula is C16H22N2O5S. The summed E-state index contributed by atoms with van der Waals surface area (Å²) in [5.74, 6) is -1.28. The van der Waals surface area contributed by atoms with Gasteiger partial charge in [0.25, 0.3) is 11.8 Å². The molecule has 2 rings (SSSR count). The summed E-state index contributed by atoms with van der Waals surface area (Å²) in [5.41, 5.74) is 5.09. The molecule has 0 bridgehead atoms. The minimum Gasteiger partial charge on any atom is -0.378 e. The molecule has 1 heterocycles. The number of nitrogens with two attached hydrogens (primary N) is 1. The highest BCUT2D eigenvalue weighted by atomic mass is 32.2. The second-order valence-corrected chi connectivity index (χ2v) is 8.43. The summed E-state index contributed by atoms with van der Waals surface area (Å²) in [6.45, 7) is 3.65. The fourth-order valence-corrected chi connectivity index (χ4v) is 3.57. The van der Waals surface area contributed by atoms with Gasteiger partial charge in [-0.05, 0) is 49.9 Å². The summed E-state index contributed by atoms with van der Waals surface area (Å²) in [6.07, 6.45) is 1.72. The molecule has 0 aromatic heterocycles. The Balaban J connectivity index is 2.43. The minimum atomic E-state index is -3.46. The van der Waals surface area contributed by atoms with Crippen molar-refractivity contribution in [3.8, 4) is 0 Å². The number of nitrogens with zero attached hydrogens (tertiary/aromatic N) is 1. The largest absolute Gasteiger partial charge is 0.378 e. The molecule has 1 aromatic carbocycles. The van der Waals surface area contributed by atoms with Gasteiger partial charge in [0, 0.05) is 18.4 Å². The Kier molecular flexibility index (Phi) is 4.74. The summed E-state index contributed by atoms with van der Waals surface area (Å²) in [7, 11) is -3.46. The highest BCUT2D eigenvalue weighted by molar-refractivity contribution is 7.90. The van der Waals surface area contributed by atoms with Crippen molar-refractivity contribution in [3.63, 3.8) is 0 Å². The number of amides is 2. The Bertz CT molecular complexity index is 803. The lowest BCUT2D eigenvalue weighted by molar-refractivity contribution is -0.140. The average molecular weight is 354 g/mol. The predicted molar refractivity (Wildman–Crippen MR) is 88.3 cm³/mol. The summed E-state index contributed by atoms with van der Waals surface area (Å²) in [6, 6.07) is 2.87. The van der Waals surface area contributed by atoms with Crippen LogP contribution in [0.2, 0.25) is 0 Å². The minimum absolute atomic E-state index is 0.0659. The molecular weight excluding hydrogens is 332 g/mol. The fraction of sp³-hybridized carbons (Fsp3) is 0.500. The van der Waals surface area contributed by atoms with Crippen molar-refractivity contribution in [3.05, 3.63) is 28.8 Å². The number of likely N-dealkylation sites (tertiary alicyclic amines) is 1. The van der Waals surface area contributed by atoms with Crippen LogP contribution in [0.4, 0.5) is 0 Å². The average Bonchev–Trinajstić information content (AvgIpc) is 2.48. The molecule has 1 unspecified atom stereocenters. The lowest BCUT2D eigenvalue weighted by Crippen LogP contribution is -2.57. The number of hydrogen-bond donors (Lipinski definition) is 2. The van der Waals surface area contributed by atoms with Crippen LogP contribution in [0.15, 0.2) is 17.0 Å². The number of rotatable bonds is 3. The van der Waals surface area contributed by atoms with Crippen LogP contribution in [-0.2, 0) is 14.6 Å². The Labute approximate surface area is 141 Å². The van der Waals surface area contributed by atoms with Crippen molar-refractivity contribution in [2.24, 2.45) is 5.73 Å². The molecule has 132 valence electrons. The van der Waals surface area contributed by atoms with Crippen LogP contribution in [0, 0.1) is 13.8 Å². The number of hydrogen-bond acceptors (Lipinski definition) is 5. The highest BCUT2D eigenvalue weighted by Gasteiger charge is 2.40. The molecule has 8 heteroatoms. The van der Waals surface area contributed by atoms with Crippen LogP contribution in [0.3, 0.4) is 0 Å². The van der Waals surface area contributed by atoms with Crippen LogP contribution in [0.1, 0.15) is 34.3 Å². The number of primary amides is 1. The van der Waals surface area contributed by atoms with Gasteiger partial charge in [-0.15, -0.1) is 0 Å².